The van der Waals surface area contributed by atoms with E-state index in [-0.39, 0.29) is 36.4 Å². The van der Waals surface area contributed by atoms with Crippen LogP contribution in [0.4, 0.5) is 5.95 Å². The zero-order valence-corrected chi connectivity index (χ0v) is 18.4. The molecule has 31 heavy (non-hydrogen) atoms. The van der Waals surface area contributed by atoms with Gasteiger partial charge in [0.05, 0.1) is 16.7 Å². The van der Waals surface area contributed by atoms with Gasteiger partial charge in [-0.05, 0) is 50.6 Å². The van der Waals surface area contributed by atoms with Crippen molar-refractivity contribution in [1.29, 1.82) is 0 Å². The fourth-order valence-corrected chi connectivity index (χ4v) is 6.08. The maximum absolute atomic E-state index is 12.9. The smallest absolute Gasteiger partial charge is 0.243 e. The lowest BCUT2D eigenvalue weighted by molar-refractivity contribution is -0.0639. The first kappa shape index (κ1) is 22.1. The first-order valence-corrected chi connectivity index (χ1v) is 11.9. The van der Waals surface area contributed by atoms with E-state index in [2.05, 4.69) is 14.9 Å². The van der Waals surface area contributed by atoms with Gasteiger partial charge in [-0.15, -0.1) is 0 Å². The van der Waals surface area contributed by atoms with E-state index in [4.69, 9.17) is 5.73 Å². The Balaban J connectivity index is 1.40. The Morgan fingerprint density at radius 2 is 1.90 bits per heavy atom. The predicted molar refractivity (Wildman–Crippen MR) is 116 cm³/mol. The lowest BCUT2D eigenvalue weighted by Gasteiger charge is -2.37. The minimum atomic E-state index is -3.77. The number of benzene rings is 1. The molecule has 0 aliphatic carbocycles. The highest BCUT2D eigenvalue weighted by Gasteiger charge is 2.49. The molecule has 168 valence electrons. The van der Waals surface area contributed by atoms with Crippen LogP contribution in [0, 0.1) is 6.92 Å². The van der Waals surface area contributed by atoms with Gasteiger partial charge in [-0.1, -0.05) is 18.2 Å². The van der Waals surface area contributed by atoms with Crippen LogP contribution in [0.1, 0.15) is 30.0 Å². The maximum Gasteiger partial charge on any atom is 0.243 e. The Morgan fingerprint density at radius 3 is 2.58 bits per heavy atom. The van der Waals surface area contributed by atoms with Crippen LogP contribution in [0.25, 0.3) is 0 Å². The van der Waals surface area contributed by atoms with Crippen molar-refractivity contribution < 1.29 is 18.6 Å². The number of aliphatic hydroxyl groups excluding tert-OH is 1. The van der Waals surface area contributed by atoms with E-state index in [9.17, 15) is 18.6 Å². The number of hydrogen-bond donors (Lipinski definition) is 3. The van der Waals surface area contributed by atoms with Gasteiger partial charge in [0.15, 0.2) is 0 Å². The largest absolute Gasteiger partial charge is 0.389 e. The Labute approximate surface area is 182 Å². The highest BCUT2D eigenvalue weighted by atomic mass is 32.2. The molecule has 0 bridgehead atoms. The first-order valence-electron chi connectivity index (χ1n) is 10.5. The van der Waals surface area contributed by atoms with Crippen LogP contribution in [0.3, 0.4) is 0 Å². The quantitative estimate of drug-likeness (QED) is 0.598. The van der Waals surface area contributed by atoms with Gasteiger partial charge in [0.2, 0.25) is 16.0 Å². The molecule has 9 nitrogen and oxygen atoms in total. The van der Waals surface area contributed by atoms with Crippen molar-refractivity contribution in [2.45, 2.75) is 42.3 Å². The minimum Gasteiger partial charge on any atom is -0.389 e. The van der Waals surface area contributed by atoms with Crippen LogP contribution >= 0.6 is 0 Å². The number of hydrogen-bond acceptors (Lipinski definition) is 8. The highest BCUT2D eigenvalue weighted by molar-refractivity contribution is 7.89. The summed E-state index contributed by atoms with van der Waals surface area (Å²) in [6.07, 6.45) is 2.28. The lowest BCUT2D eigenvalue weighted by atomic mass is 9.90. The Bertz CT molecular complexity index is 1030. The van der Waals surface area contributed by atoms with Gasteiger partial charge in [-0.2, -0.15) is 4.31 Å². The third-order valence-electron chi connectivity index (χ3n) is 6.33. The van der Waals surface area contributed by atoms with Crippen molar-refractivity contribution in [2.75, 3.05) is 38.5 Å². The van der Waals surface area contributed by atoms with Gasteiger partial charge in [-0.25, -0.2) is 18.4 Å². The van der Waals surface area contributed by atoms with Crippen molar-refractivity contribution in [2.24, 2.45) is 0 Å². The molecule has 2 aliphatic heterocycles. The molecule has 0 saturated carbocycles. The summed E-state index contributed by atoms with van der Waals surface area (Å²) in [5.41, 5.74) is 6.21. The van der Waals surface area contributed by atoms with Crippen molar-refractivity contribution in [1.82, 2.24) is 19.2 Å². The number of likely N-dealkylation sites (tertiary alicyclic amines) is 1. The second-order valence-corrected chi connectivity index (χ2v) is 10.5. The summed E-state index contributed by atoms with van der Waals surface area (Å²) in [4.78, 5) is 10.7. The molecule has 4 rings (SSSR count). The van der Waals surface area contributed by atoms with Gasteiger partial charge in [0.1, 0.15) is 5.60 Å². The van der Waals surface area contributed by atoms with E-state index in [0.29, 0.717) is 13.1 Å². The summed E-state index contributed by atoms with van der Waals surface area (Å²) in [5, 5.41) is 21.7. The van der Waals surface area contributed by atoms with Crippen LogP contribution in [0.15, 0.2) is 41.4 Å². The molecule has 2 atom stereocenters. The number of nitrogens with two attached hydrogens (primary N) is 1. The predicted octanol–water partition coefficient (Wildman–Crippen LogP) is 0.343. The van der Waals surface area contributed by atoms with Crippen molar-refractivity contribution in [3.8, 4) is 0 Å². The topological polar surface area (TPSA) is 133 Å². The summed E-state index contributed by atoms with van der Waals surface area (Å²) < 4.78 is 26.9. The standard InChI is InChI=1S/C21H29N5O4S/c1-15-11-23-20(22)24-19(15)16-7-9-25(10-8-16)13-21(28)14-26(12-18(21)27)31(29,30)17-5-3-2-4-6-17/h2-6,11,16,18,27-28H,7-10,12-14H2,1H3,(H2,22,23,24)/t18-,21+/m1/s1. The number of piperidine rings is 1. The number of aromatic nitrogens is 2. The average Bonchev–Trinajstić information content (AvgIpc) is 3.06. The molecule has 1 aromatic carbocycles. The lowest BCUT2D eigenvalue weighted by Crippen LogP contribution is -2.53. The van der Waals surface area contributed by atoms with E-state index in [1.54, 1.807) is 24.4 Å². The molecule has 10 heteroatoms. The van der Waals surface area contributed by atoms with Crippen LogP contribution in [0.5, 0.6) is 0 Å². The van der Waals surface area contributed by atoms with Crippen molar-refractivity contribution in [3.05, 3.63) is 47.8 Å². The van der Waals surface area contributed by atoms with E-state index >= 15 is 0 Å². The number of nitrogens with zero attached hydrogens (tertiary/aromatic N) is 4. The van der Waals surface area contributed by atoms with Gasteiger partial charge in [-0.3, -0.25) is 0 Å². The van der Waals surface area contributed by atoms with Gasteiger partial charge in [0.25, 0.3) is 0 Å². The second kappa shape index (κ2) is 8.44. The van der Waals surface area contributed by atoms with Gasteiger partial charge >= 0.3 is 0 Å². The zero-order chi connectivity index (χ0) is 22.2. The monoisotopic (exact) mass is 447 g/mol. The Kier molecular flexibility index (Phi) is 6.01. The third kappa shape index (κ3) is 4.44. The van der Waals surface area contributed by atoms with Gasteiger partial charge in [0, 0.05) is 31.7 Å². The zero-order valence-electron chi connectivity index (χ0n) is 17.6. The molecule has 0 radical (unpaired) electrons. The van der Waals surface area contributed by atoms with Crippen LogP contribution in [-0.2, 0) is 10.0 Å². The third-order valence-corrected chi connectivity index (χ3v) is 8.16. The molecule has 0 spiro atoms. The number of aliphatic hydroxyl groups is 2. The number of nitrogen functional groups attached to an aromatic ring is 1. The molecule has 1 aromatic heterocycles. The fraction of sp³-hybridized carbons (Fsp3) is 0.524. The summed E-state index contributed by atoms with van der Waals surface area (Å²) in [7, 11) is -3.77. The van der Waals surface area contributed by atoms with E-state index < -0.39 is 21.7 Å². The molecular weight excluding hydrogens is 418 g/mol. The van der Waals surface area contributed by atoms with E-state index in [0.717, 1.165) is 24.1 Å². The molecule has 2 aliphatic rings. The maximum atomic E-state index is 12.9. The number of β-amino-alcohol motifs (C(OH)–C–C–N with tert-alkyl or cyclic N) is 2. The van der Waals surface area contributed by atoms with Crippen molar-refractivity contribution in [3.63, 3.8) is 0 Å². The Hall–Kier alpha value is -2.11. The van der Waals surface area contributed by atoms with Crippen LogP contribution < -0.4 is 5.73 Å². The minimum absolute atomic E-state index is 0.121. The summed E-state index contributed by atoms with van der Waals surface area (Å²) >= 11 is 0. The van der Waals surface area contributed by atoms with Crippen LogP contribution in [0.2, 0.25) is 0 Å². The van der Waals surface area contributed by atoms with E-state index in [1.807, 2.05) is 6.92 Å². The molecule has 0 amide bonds. The second-order valence-electron chi connectivity index (χ2n) is 8.58. The Morgan fingerprint density at radius 1 is 1.23 bits per heavy atom. The molecule has 3 heterocycles. The molecule has 2 aromatic rings. The number of rotatable bonds is 5. The van der Waals surface area contributed by atoms with Crippen LogP contribution in [-0.4, -0.2) is 82.2 Å². The number of anilines is 1. The number of aryl methyl sites for hydroxylation is 1. The molecule has 2 fully saturated rings. The van der Waals surface area contributed by atoms with Gasteiger partial charge < -0.3 is 20.8 Å². The summed E-state index contributed by atoms with van der Waals surface area (Å²) in [6, 6.07) is 8.10. The van der Waals surface area contributed by atoms with Crippen molar-refractivity contribution >= 4 is 16.0 Å². The first-order chi connectivity index (χ1) is 14.7. The summed E-state index contributed by atoms with van der Waals surface area (Å²) in [6.45, 7) is 3.37. The highest BCUT2D eigenvalue weighted by Crippen LogP contribution is 2.32. The van der Waals surface area contributed by atoms with E-state index in [1.165, 1.54) is 16.4 Å². The molecule has 4 N–H and O–H groups in total. The normalized spacial score (nSPS) is 26.4. The SMILES string of the molecule is Cc1cnc(N)nc1C1CCN(C[C@]2(O)CN(S(=O)(=O)c3ccccc3)C[C@H]2O)CC1. The fourth-order valence-electron chi connectivity index (χ4n) is 4.55. The average molecular weight is 448 g/mol. The number of sulfonamides is 1. The summed E-state index contributed by atoms with van der Waals surface area (Å²) in [5.74, 6) is 0.533. The molecule has 2 saturated heterocycles. The molecular formula is C21H29N5O4S. The molecule has 0 unspecified atom stereocenters.